The van der Waals surface area contributed by atoms with Gasteiger partial charge in [-0.25, -0.2) is 0 Å². The maximum atomic E-state index is 9.89. The molecule has 0 aliphatic carbocycles. The first-order valence-electron chi connectivity index (χ1n) is 4.62. The second kappa shape index (κ2) is 3.98. The van der Waals surface area contributed by atoms with Crippen LogP contribution in [0, 0.1) is 0 Å². The number of aryl methyl sites for hydroxylation is 1. The molecular formula is C11H12O2S. The first-order chi connectivity index (χ1) is 6.83. The fourth-order valence-electron chi connectivity index (χ4n) is 1.55. The molecule has 0 saturated heterocycles. The van der Waals surface area contributed by atoms with Crippen LogP contribution in [0.1, 0.15) is 12.0 Å². The summed E-state index contributed by atoms with van der Waals surface area (Å²) in [5.74, 6) is 0.372. The Bertz CT molecular complexity index is 434. The van der Waals surface area contributed by atoms with E-state index in [0.29, 0.717) is 12.2 Å². The lowest BCUT2D eigenvalue weighted by Gasteiger charge is -2.04. The van der Waals surface area contributed by atoms with E-state index in [1.807, 2.05) is 23.6 Å². The number of aromatic hydroxyl groups is 1. The van der Waals surface area contributed by atoms with Crippen molar-refractivity contribution in [1.82, 2.24) is 0 Å². The molecule has 74 valence electrons. The molecule has 0 saturated carbocycles. The van der Waals surface area contributed by atoms with E-state index in [-0.39, 0.29) is 6.61 Å². The molecule has 0 fully saturated rings. The van der Waals surface area contributed by atoms with Crippen LogP contribution < -0.4 is 0 Å². The molecule has 2 aromatic rings. The number of benzene rings is 1. The number of aliphatic hydroxyl groups excluding tert-OH is 1. The molecule has 1 heterocycles. The van der Waals surface area contributed by atoms with Crippen LogP contribution in [0.4, 0.5) is 0 Å². The normalized spacial score (nSPS) is 10.9. The third kappa shape index (κ3) is 1.61. The summed E-state index contributed by atoms with van der Waals surface area (Å²) in [5, 5.41) is 21.5. The van der Waals surface area contributed by atoms with Crippen molar-refractivity contribution in [3.8, 4) is 5.75 Å². The molecular weight excluding hydrogens is 196 g/mol. The highest BCUT2D eigenvalue weighted by molar-refractivity contribution is 7.17. The summed E-state index contributed by atoms with van der Waals surface area (Å²) in [5.41, 5.74) is 0.921. The lowest BCUT2D eigenvalue weighted by molar-refractivity contribution is 0.288. The Kier molecular flexibility index (Phi) is 2.70. The van der Waals surface area contributed by atoms with Gasteiger partial charge < -0.3 is 10.2 Å². The maximum Gasteiger partial charge on any atom is 0.127 e. The number of hydrogen-bond donors (Lipinski definition) is 2. The van der Waals surface area contributed by atoms with Crippen molar-refractivity contribution >= 4 is 21.4 Å². The largest absolute Gasteiger partial charge is 0.507 e. The monoisotopic (exact) mass is 208 g/mol. The zero-order valence-corrected chi connectivity index (χ0v) is 8.55. The number of phenolic OH excluding ortho intramolecular Hbond substituents is 1. The average Bonchev–Trinajstić information content (AvgIpc) is 2.66. The summed E-state index contributed by atoms with van der Waals surface area (Å²) in [6.45, 7) is 0.168. The van der Waals surface area contributed by atoms with Gasteiger partial charge in [0, 0.05) is 16.7 Å². The van der Waals surface area contributed by atoms with Gasteiger partial charge in [0.15, 0.2) is 0 Å². The summed E-state index contributed by atoms with van der Waals surface area (Å²) in [6, 6.07) is 5.88. The minimum atomic E-state index is 0.168. The summed E-state index contributed by atoms with van der Waals surface area (Å²) in [6.07, 6.45) is 1.43. The van der Waals surface area contributed by atoms with Crippen molar-refractivity contribution in [3.63, 3.8) is 0 Å². The summed E-state index contributed by atoms with van der Waals surface area (Å²) >= 11 is 1.62. The average molecular weight is 208 g/mol. The minimum absolute atomic E-state index is 0.168. The molecule has 0 aliphatic heterocycles. The molecule has 0 atom stereocenters. The molecule has 2 N–H and O–H groups in total. The van der Waals surface area contributed by atoms with Crippen LogP contribution in [0.25, 0.3) is 10.1 Å². The standard InChI is InChI=1S/C11H12O2S/c12-6-1-2-8-3-4-10-9(11(8)13)5-7-14-10/h3-5,7,12-13H,1-2,6H2. The molecule has 0 unspecified atom stereocenters. The maximum absolute atomic E-state index is 9.89. The fourth-order valence-corrected chi connectivity index (χ4v) is 2.33. The molecule has 0 spiro atoms. The van der Waals surface area contributed by atoms with E-state index in [0.717, 1.165) is 22.1 Å². The first-order valence-corrected chi connectivity index (χ1v) is 5.50. The molecule has 2 rings (SSSR count). The Labute approximate surface area is 86.4 Å². The van der Waals surface area contributed by atoms with Gasteiger partial charge in [-0.15, -0.1) is 11.3 Å². The summed E-state index contributed by atoms with van der Waals surface area (Å²) in [7, 11) is 0. The highest BCUT2D eigenvalue weighted by Crippen LogP contribution is 2.32. The number of hydrogen-bond acceptors (Lipinski definition) is 3. The minimum Gasteiger partial charge on any atom is -0.507 e. The number of aliphatic hydroxyl groups is 1. The summed E-state index contributed by atoms with van der Waals surface area (Å²) in [4.78, 5) is 0. The van der Waals surface area contributed by atoms with Crippen molar-refractivity contribution in [2.45, 2.75) is 12.8 Å². The van der Waals surface area contributed by atoms with E-state index >= 15 is 0 Å². The Hall–Kier alpha value is -1.06. The van der Waals surface area contributed by atoms with Crippen LogP contribution >= 0.6 is 11.3 Å². The highest BCUT2D eigenvalue weighted by atomic mass is 32.1. The van der Waals surface area contributed by atoms with Gasteiger partial charge in [0.05, 0.1) is 0 Å². The molecule has 0 bridgehead atoms. The number of phenols is 1. The van der Waals surface area contributed by atoms with E-state index < -0.39 is 0 Å². The van der Waals surface area contributed by atoms with Gasteiger partial charge in [-0.05, 0) is 35.9 Å². The molecule has 0 aliphatic rings. The van der Waals surface area contributed by atoms with Gasteiger partial charge in [0.25, 0.3) is 0 Å². The lowest BCUT2D eigenvalue weighted by Crippen LogP contribution is -1.89. The number of rotatable bonds is 3. The SMILES string of the molecule is OCCCc1ccc2sccc2c1O. The van der Waals surface area contributed by atoms with Crippen molar-refractivity contribution in [2.24, 2.45) is 0 Å². The van der Waals surface area contributed by atoms with Crippen LogP contribution in [-0.2, 0) is 6.42 Å². The Morgan fingerprint density at radius 3 is 2.86 bits per heavy atom. The topological polar surface area (TPSA) is 40.5 Å². The second-order valence-corrected chi connectivity index (χ2v) is 4.18. The van der Waals surface area contributed by atoms with E-state index in [9.17, 15) is 5.11 Å². The molecule has 0 amide bonds. The molecule has 1 aromatic carbocycles. The lowest BCUT2D eigenvalue weighted by atomic mass is 10.1. The van der Waals surface area contributed by atoms with E-state index in [2.05, 4.69) is 0 Å². The number of thiophene rings is 1. The van der Waals surface area contributed by atoms with Gasteiger partial charge in [-0.2, -0.15) is 0 Å². The van der Waals surface area contributed by atoms with Gasteiger partial charge in [-0.3, -0.25) is 0 Å². The third-order valence-electron chi connectivity index (χ3n) is 2.29. The third-order valence-corrected chi connectivity index (χ3v) is 3.18. The summed E-state index contributed by atoms with van der Waals surface area (Å²) < 4.78 is 1.11. The second-order valence-electron chi connectivity index (χ2n) is 3.23. The van der Waals surface area contributed by atoms with E-state index in [1.165, 1.54) is 0 Å². The molecule has 2 nitrogen and oxygen atoms in total. The molecule has 1 aromatic heterocycles. The quantitative estimate of drug-likeness (QED) is 0.813. The number of fused-ring (bicyclic) bond motifs is 1. The van der Waals surface area contributed by atoms with E-state index in [4.69, 9.17) is 5.11 Å². The Morgan fingerprint density at radius 1 is 1.21 bits per heavy atom. The van der Waals surface area contributed by atoms with Gasteiger partial charge in [0.2, 0.25) is 0 Å². The molecule has 0 radical (unpaired) electrons. The zero-order chi connectivity index (χ0) is 9.97. The Morgan fingerprint density at radius 2 is 2.07 bits per heavy atom. The Balaban J connectivity index is 2.40. The highest BCUT2D eigenvalue weighted by Gasteiger charge is 2.06. The van der Waals surface area contributed by atoms with Crippen molar-refractivity contribution in [2.75, 3.05) is 6.61 Å². The molecule has 3 heteroatoms. The van der Waals surface area contributed by atoms with E-state index in [1.54, 1.807) is 11.3 Å². The predicted octanol–water partition coefficient (Wildman–Crippen LogP) is 2.53. The first kappa shape index (κ1) is 9.49. The van der Waals surface area contributed by atoms with Crippen molar-refractivity contribution in [3.05, 3.63) is 29.1 Å². The zero-order valence-electron chi connectivity index (χ0n) is 7.73. The van der Waals surface area contributed by atoms with Crippen molar-refractivity contribution in [1.29, 1.82) is 0 Å². The van der Waals surface area contributed by atoms with Crippen LogP contribution in [0.3, 0.4) is 0 Å². The van der Waals surface area contributed by atoms with Crippen LogP contribution in [0.2, 0.25) is 0 Å². The predicted molar refractivity (Wildman–Crippen MR) is 58.9 cm³/mol. The smallest absolute Gasteiger partial charge is 0.127 e. The van der Waals surface area contributed by atoms with Gasteiger partial charge in [-0.1, -0.05) is 6.07 Å². The van der Waals surface area contributed by atoms with Crippen LogP contribution in [-0.4, -0.2) is 16.8 Å². The molecule has 14 heavy (non-hydrogen) atoms. The van der Waals surface area contributed by atoms with Crippen LogP contribution in [0.15, 0.2) is 23.6 Å². The van der Waals surface area contributed by atoms with Crippen LogP contribution in [0.5, 0.6) is 5.75 Å². The van der Waals surface area contributed by atoms with Gasteiger partial charge in [0.1, 0.15) is 5.75 Å². The van der Waals surface area contributed by atoms with Gasteiger partial charge >= 0.3 is 0 Å². The van der Waals surface area contributed by atoms with Crippen molar-refractivity contribution < 1.29 is 10.2 Å². The fraction of sp³-hybridized carbons (Fsp3) is 0.273.